The van der Waals surface area contributed by atoms with Gasteiger partial charge in [0.25, 0.3) is 0 Å². The van der Waals surface area contributed by atoms with E-state index in [1.165, 1.54) is 6.20 Å². The summed E-state index contributed by atoms with van der Waals surface area (Å²) in [6.07, 6.45) is 3.16. The average Bonchev–Trinajstić information content (AvgIpc) is 2.10. The lowest BCUT2D eigenvalue weighted by atomic mass is 10.1. The lowest BCUT2D eigenvalue weighted by Gasteiger charge is -2.03. The van der Waals surface area contributed by atoms with Crippen molar-refractivity contribution in [1.82, 2.24) is 4.98 Å². The summed E-state index contributed by atoms with van der Waals surface area (Å²) in [4.78, 5) is 4.74. The van der Waals surface area contributed by atoms with Crippen molar-refractivity contribution in [1.29, 1.82) is 5.26 Å². The number of hydrogen-bond donors (Lipinski definition) is 1. The molecule has 0 bridgehead atoms. The zero-order valence-electron chi connectivity index (χ0n) is 6.70. The van der Waals surface area contributed by atoms with Crippen LogP contribution >= 0.6 is 12.6 Å². The van der Waals surface area contributed by atoms with Crippen LogP contribution in [0.2, 0.25) is 0 Å². The molecule has 1 heterocycles. The normalized spacial score (nSPS) is 9.08. The van der Waals surface area contributed by atoms with Crippen LogP contribution in [0, 0.1) is 18.3 Å². The number of pyridine rings is 1. The monoisotopic (exact) mass is 176 g/mol. The molecule has 0 radical (unpaired) electrons. The lowest BCUT2D eigenvalue weighted by molar-refractivity contribution is 1.14. The second kappa shape index (κ2) is 3.42. The van der Waals surface area contributed by atoms with E-state index in [1.54, 1.807) is 6.08 Å². The number of nitrogens with zero attached hydrogens (tertiary/aromatic N) is 2. The van der Waals surface area contributed by atoms with Crippen molar-refractivity contribution in [2.24, 2.45) is 0 Å². The summed E-state index contributed by atoms with van der Waals surface area (Å²) in [5.74, 6) is 0. The van der Waals surface area contributed by atoms with E-state index in [9.17, 15) is 0 Å². The first-order valence-electron chi connectivity index (χ1n) is 3.41. The van der Waals surface area contributed by atoms with E-state index in [0.29, 0.717) is 5.56 Å². The van der Waals surface area contributed by atoms with Crippen LogP contribution < -0.4 is 0 Å². The summed E-state index contributed by atoms with van der Waals surface area (Å²) in [5.41, 5.74) is 2.13. The zero-order chi connectivity index (χ0) is 9.14. The van der Waals surface area contributed by atoms with Crippen molar-refractivity contribution in [2.75, 3.05) is 0 Å². The largest absolute Gasteiger partial charge is 0.254 e. The van der Waals surface area contributed by atoms with Crippen LogP contribution in [0.1, 0.15) is 16.8 Å². The van der Waals surface area contributed by atoms with E-state index in [2.05, 4.69) is 24.2 Å². The molecule has 0 atom stereocenters. The molecule has 0 unspecified atom stereocenters. The fourth-order valence-corrected chi connectivity index (χ4v) is 1.14. The van der Waals surface area contributed by atoms with Crippen LogP contribution in [-0.4, -0.2) is 4.98 Å². The van der Waals surface area contributed by atoms with Crippen molar-refractivity contribution < 1.29 is 0 Å². The molecular formula is C9H8N2S. The maximum absolute atomic E-state index is 8.66. The quantitative estimate of drug-likeness (QED) is 0.666. The van der Waals surface area contributed by atoms with Gasteiger partial charge in [0.05, 0.1) is 11.3 Å². The summed E-state index contributed by atoms with van der Waals surface area (Å²) in [7, 11) is 0. The molecule has 0 N–H and O–H groups in total. The second-order valence-electron chi connectivity index (χ2n) is 2.35. The van der Waals surface area contributed by atoms with Crippen LogP contribution in [0.3, 0.4) is 0 Å². The first-order chi connectivity index (χ1) is 5.70. The highest BCUT2D eigenvalue weighted by Gasteiger charge is 2.04. The third kappa shape index (κ3) is 1.34. The Balaban J connectivity index is 3.41. The van der Waals surface area contributed by atoms with E-state index in [-0.39, 0.29) is 0 Å². The molecule has 0 fully saturated rings. The third-order valence-corrected chi connectivity index (χ3v) is 2.21. The maximum Gasteiger partial charge on any atom is 0.101 e. The number of aromatic nitrogens is 1. The SMILES string of the molecule is C=Cc1ncc(C#N)c(C)c1S. The molecule has 0 saturated heterocycles. The fourth-order valence-electron chi connectivity index (χ4n) is 0.874. The highest BCUT2D eigenvalue weighted by Crippen LogP contribution is 2.19. The molecule has 0 aliphatic rings. The van der Waals surface area contributed by atoms with Gasteiger partial charge in [0.2, 0.25) is 0 Å². The maximum atomic E-state index is 8.66. The molecule has 0 aliphatic carbocycles. The Labute approximate surface area is 77.0 Å². The Morgan fingerprint density at radius 1 is 1.75 bits per heavy atom. The molecule has 1 rings (SSSR count). The van der Waals surface area contributed by atoms with Crippen LogP contribution in [0.25, 0.3) is 6.08 Å². The fraction of sp³-hybridized carbons (Fsp3) is 0.111. The summed E-state index contributed by atoms with van der Waals surface area (Å²) < 4.78 is 0. The molecule has 1 aromatic heterocycles. The Morgan fingerprint density at radius 3 is 2.92 bits per heavy atom. The zero-order valence-corrected chi connectivity index (χ0v) is 7.60. The van der Waals surface area contributed by atoms with E-state index in [4.69, 9.17) is 5.26 Å². The van der Waals surface area contributed by atoms with Crippen LogP contribution in [-0.2, 0) is 0 Å². The number of hydrogen-bond acceptors (Lipinski definition) is 3. The first kappa shape index (κ1) is 8.82. The van der Waals surface area contributed by atoms with E-state index in [0.717, 1.165) is 16.2 Å². The smallest absolute Gasteiger partial charge is 0.101 e. The average molecular weight is 176 g/mol. The highest BCUT2D eigenvalue weighted by atomic mass is 32.1. The summed E-state index contributed by atoms with van der Waals surface area (Å²) in [6, 6.07) is 2.04. The standard InChI is InChI=1S/C9H8N2S/c1-3-8-9(12)6(2)7(4-10)5-11-8/h3,5,12H,1H2,2H3. The van der Waals surface area contributed by atoms with E-state index in [1.807, 2.05) is 13.0 Å². The van der Waals surface area contributed by atoms with Gasteiger partial charge in [-0.25, -0.2) is 0 Å². The Morgan fingerprint density at radius 2 is 2.42 bits per heavy atom. The van der Waals surface area contributed by atoms with Gasteiger partial charge < -0.3 is 0 Å². The van der Waals surface area contributed by atoms with Crippen molar-refractivity contribution in [3.05, 3.63) is 29.6 Å². The van der Waals surface area contributed by atoms with Gasteiger partial charge in [-0.3, -0.25) is 4.98 Å². The number of nitriles is 1. The molecule has 1 aromatic rings. The third-order valence-electron chi connectivity index (χ3n) is 1.65. The molecule has 0 amide bonds. The van der Waals surface area contributed by atoms with Gasteiger partial charge in [0.15, 0.2) is 0 Å². The molecule has 12 heavy (non-hydrogen) atoms. The second-order valence-corrected chi connectivity index (χ2v) is 2.79. The Bertz CT molecular complexity index is 364. The predicted octanol–water partition coefficient (Wildman–Crippen LogP) is 2.19. The lowest BCUT2D eigenvalue weighted by Crippen LogP contribution is -1.91. The molecule has 0 spiro atoms. The van der Waals surface area contributed by atoms with Crippen molar-refractivity contribution in [3.63, 3.8) is 0 Å². The van der Waals surface area contributed by atoms with Crippen LogP contribution in [0.15, 0.2) is 17.7 Å². The summed E-state index contributed by atoms with van der Waals surface area (Å²) in [5, 5.41) is 8.66. The van der Waals surface area contributed by atoms with Gasteiger partial charge in [-0.05, 0) is 18.6 Å². The van der Waals surface area contributed by atoms with Gasteiger partial charge in [-0.1, -0.05) is 6.58 Å². The first-order valence-corrected chi connectivity index (χ1v) is 3.86. The van der Waals surface area contributed by atoms with Crippen molar-refractivity contribution in [2.45, 2.75) is 11.8 Å². The summed E-state index contributed by atoms with van der Waals surface area (Å²) in [6.45, 7) is 5.44. The van der Waals surface area contributed by atoms with Gasteiger partial charge >= 0.3 is 0 Å². The van der Waals surface area contributed by atoms with Crippen LogP contribution in [0.5, 0.6) is 0 Å². The molecule has 3 heteroatoms. The van der Waals surface area contributed by atoms with Gasteiger partial charge in [0, 0.05) is 11.1 Å². The van der Waals surface area contributed by atoms with E-state index >= 15 is 0 Å². The Hall–Kier alpha value is -1.27. The minimum absolute atomic E-state index is 0.561. The number of rotatable bonds is 1. The predicted molar refractivity (Wildman–Crippen MR) is 51.0 cm³/mol. The molecule has 60 valence electrons. The Kier molecular flexibility index (Phi) is 2.51. The minimum Gasteiger partial charge on any atom is -0.254 e. The molecular weight excluding hydrogens is 168 g/mol. The molecule has 0 aromatic carbocycles. The van der Waals surface area contributed by atoms with Gasteiger partial charge in [-0.15, -0.1) is 12.6 Å². The molecule has 2 nitrogen and oxygen atoms in total. The van der Waals surface area contributed by atoms with Gasteiger partial charge in [0.1, 0.15) is 6.07 Å². The molecule has 0 saturated carbocycles. The highest BCUT2D eigenvalue weighted by molar-refractivity contribution is 7.80. The van der Waals surface area contributed by atoms with E-state index < -0.39 is 0 Å². The van der Waals surface area contributed by atoms with Gasteiger partial charge in [-0.2, -0.15) is 5.26 Å². The van der Waals surface area contributed by atoms with Crippen molar-refractivity contribution >= 4 is 18.7 Å². The minimum atomic E-state index is 0.561. The molecule has 0 aliphatic heterocycles. The summed E-state index contributed by atoms with van der Waals surface area (Å²) >= 11 is 4.23. The van der Waals surface area contributed by atoms with Crippen LogP contribution in [0.4, 0.5) is 0 Å². The number of thiol groups is 1. The topological polar surface area (TPSA) is 36.7 Å². The van der Waals surface area contributed by atoms with Crippen molar-refractivity contribution in [3.8, 4) is 6.07 Å².